The predicted octanol–water partition coefficient (Wildman–Crippen LogP) is 4.39. The standard InChI is InChI=1S/C21H29N3OS/c1-24(18-12-8-3-2-4-9-13-18)16-19(25)23-20(21-22-14-15-26-21)17-10-6-5-7-11-17/h5-7,10-11,14-15,18,20H,2-4,8-9,12-13,16H2,1H3,(H,23,25). The van der Waals surface area contributed by atoms with Crippen LogP contribution in [0.2, 0.25) is 0 Å². The van der Waals surface area contributed by atoms with Gasteiger partial charge in [0.05, 0.1) is 6.54 Å². The van der Waals surface area contributed by atoms with Crippen molar-refractivity contribution in [3.8, 4) is 0 Å². The van der Waals surface area contributed by atoms with E-state index in [-0.39, 0.29) is 11.9 Å². The third-order valence-electron chi connectivity index (χ3n) is 5.23. The second-order valence-electron chi connectivity index (χ2n) is 7.20. The quantitative estimate of drug-likeness (QED) is 0.819. The Labute approximate surface area is 160 Å². The molecule has 1 heterocycles. The van der Waals surface area contributed by atoms with E-state index in [0.717, 1.165) is 10.6 Å². The van der Waals surface area contributed by atoms with Crippen LogP contribution in [0.15, 0.2) is 41.9 Å². The van der Waals surface area contributed by atoms with Crippen LogP contribution in [0.4, 0.5) is 0 Å². The first-order chi connectivity index (χ1) is 12.7. The predicted molar refractivity (Wildman–Crippen MR) is 107 cm³/mol. The summed E-state index contributed by atoms with van der Waals surface area (Å²) in [5, 5.41) is 6.09. The van der Waals surface area contributed by atoms with Crippen LogP contribution in [0.5, 0.6) is 0 Å². The van der Waals surface area contributed by atoms with E-state index < -0.39 is 0 Å². The number of benzene rings is 1. The second kappa shape index (κ2) is 9.83. The van der Waals surface area contributed by atoms with Gasteiger partial charge in [0.1, 0.15) is 11.0 Å². The van der Waals surface area contributed by atoms with E-state index in [1.54, 1.807) is 17.5 Å². The number of nitrogens with zero attached hydrogens (tertiary/aromatic N) is 2. The van der Waals surface area contributed by atoms with Gasteiger partial charge >= 0.3 is 0 Å². The highest BCUT2D eigenvalue weighted by Crippen LogP contribution is 2.24. The van der Waals surface area contributed by atoms with Crippen molar-refractivity contribution in [2.45, 2.75) is 57.0 Å². The van der Waals surface area contributed by atoms with Crippen LogP contribution in [0.1, 0.15) is 61.6 Å². The summed E-state index contributed by atoms with van der Waals surface area (Å²) in [5.74, 6) is 0.0682. The lowest BCUT2D eigenvalue weighted by Crippen LogP contribution is -2.42. The normalized spacial score (nSPS) is 17.5. The van der Waals surface area contributed by atoms with Crippen molar-refractivity contribution in [1.29, 1.82) is 0 Å². The molecule has 2 aromatic rings. The molecule has 1 aromatic carbocycles. The van der Waals surface area contributed by atoms with Crippen LogP contribution in [0, 0.1) is 0 Å². The van der Waals surface area contributed by atoms with E-state index in [1.165, 1.54) is 44.9 Å². The first kappa shape index (κ1) is 19.1. The zero-order chi connectivity index (χ0) is 18.2. The van der Waals surface area contributed by atoms with E-state index in [4.69, 9.17) is 0 Å². The van der Waals surface area contributed by atoms with Gasteiger partial charge in [-0.05, 0) is 25.5 Å². The minimum Gasteiger partial charge on any atom is -0.342 e. The zero-order valence-electron chi connectivity index (χ0n) is 15.6. The fourth-order valence-corrected chi connectivity index (χ4v) is 4.46. The van der Waals surface area contributed by atoms with Crippen molar-refractivity contribution >= 4 is 17.2 Å². The van der Waals surface area contributed by atoms with Gasteiger partial charge in [0.15, 0.2) is 0 Å². The van der Waals surface area contributed by atoms with Crippen LogP contribution in [0.3, 0.4) is 0 Å². The van der Waals surface area contributed by atoms with Gasteiger partial charge in [0.2, 0.25) is 5.91 Å². The molecule has 0 saturated heterocycles. The number of hydrogen-bond donors (Lipinski definition) is 1. The second-order valence-corrected chi connectivity index (χ2v) is 8.12. The SMILES string of the molecule is CN(CC(=O)NC(c1ccccc1)c1nccs1)C1CCCCCCC1. The molecule has 0 spiro atoms. The molecule has 5 heteroatoms. The molecule has 1 N–H and O–H groups in total. The number of likely N-dealkylation sites (N-methyl/N-ethyl adjacent to an activating group) is 1. The molecule has 0 radical (unpaired) electrons. The van der Waals surface area contributed by atoms with E-state index in [9.17, 15) is 4.79 Å². The maximum absolute atomic E-state index is 12.8. The molecule has 1 unspecified atom stereocenters. The number of rotatable bonds is 6. The van der Waals surface area contributed by atoms with Gasteiger partial charge in [-0.1, -0.05) is 62.4 Å². The molecule has 0 bridgehead atoms. The van der Waals surface area contributed by atoms with E-state index in [2.05, 4.69) is 22.2 Å². The fraction of sp³-hybridized carbons (Fsp3) is 0.524. The molecular formula is C21H29N3OS. The number of amides is 1. The topological polar surface area (TPSA) is 45.2 Å². The summed E-state index contributed by atoms with van der Waals surface area (Å²) in [6, 6.07) is 10.4. The maximum Gasteiger partial charge on any atom is 0.235 e. The zero-order valence-corrected chi connectivity index (χ0v) is 16.4. The Bertz CT molecular complexity index is 651. The minimum atomic E-state index is -0.172. The van der Waals surface area contributed by atoms with E-state index in [1.807, 2.05) is 35.7 Å². The van der Waals surface area contributed by atoms with Gasteiger partial charge in [-0.3, -0.25) is 9.69 Å². The van der Waals surface area contributed by atoms with Gasteiger partial charge in [0, 0.05) is 17.6 Å². The highest BCUT2D eigenvalue weighted by molar-refractivity contribution is 7.09. The summed E-state index contributed by atoms with van der Waals surface area (Å²) in [6.07, 6.45) is 10.8. The molecular weight excluding hydrogens is 342 g/mol. The Hall–Kier alpha value is -1.72. The highest BCUT2D eigenvalue weighted by atomic mass is 32.1. The van der Waals surface area contributed by atoms with E-state index >= 15 is 0 Å². The molecule has 3 rings (SSSR count). The fourth-order valence-electron chi connectivity index (χ4n) is 3.75. The third-order valence-corrected chi connectivity index (χ3v) is 6.07. The lowest BCUT2D eigenvalue weighted by atomic mass is 9.96. The Morgan fingerprint density at radius 2 is 1.88 bits per heavy atom. The van der Waals surface area contributed by atoms with Crippen molar-refractivity contribution < 1.29 is 4.79 Å². The molecule has 1 aromatic heterocycles. The summed E-state index contributed by atoms with van der Waals surface area (Å²) >= 11 is 1.58. The molecule has 140 valence electrons. The summed E-state index contributed by atoms with van der Waals surface area (Å²) in [5.41, 5.74) is 1.07. The lowest BCUT2D eigenvalue weighted by Gasteiger charge is -2.29. The summed E-state index contributed by atoms with van der Waals surface area (Å²) < 4.78 is 0. The molecule has 1 aliphatic carbocycles. The van der Waals surface area contributed by atoms with Crippen LogP contribution < -0.4 is 5.32 Å². The Morgan fingerprint density at radius 3 is 2.54 bits per heavy atom. The average Bonchev–Trinajstić information content (AvgIpc) is 3.14. The molecule has 1 fully saturated rings. The smallest absolute Gasteiger partial charge is 0.235 e. The van der Waals surface area contributed by atoms with E-state index in [0.29, 0.717) is 12.6 Å². The van der Waals surface area contributed by atoms with Crippen molar-refractivity contribution in [2.75, 3.05) is 13.6 Å². The first-order valence-electron chi connectivity index (χ1n) is 9.68. The number of hydrogen-bond acceptors (Lipinski definition) is 4. The van der Waals surface area contributed by atoms with Gasteiger partial charge in [-0.25, -0.2) is 4.98 Å². The number of carbonyl (C=O) groups excluding carboxylic acids is 1. The molecule has 26 heavy (non-hydrogen) atoms. The van der Waals surface area contributed by atoms with Crippen LogP contribution in [0.25, 0.3) is 0 Å². The average molecular weight is 372 g/mol. The summed E-state index contributed by atoms with van der Waals surface area (Å²) in [4.78, 5) is 19.4. The summed E-state index contributed by atoms with van der Waals surface area (Å²) in [7, 11) is 2.09. The van der Waals surface area contributed by atoms with Gasteiger partial charge in [-0.15, -0.1) is 11.3 Å². The molecule has 0 aliphatic heterocycles. The van der Waals surface area contributed by atoms with Gasteiger partial charge < -0.3 is 5.32 Å². The molecule has 1 amide bonds. The Kier molecular flexibility index (Phi) is 7.21. The Balaban J connectivity index is 1.62. The number of carbonyl (C=O) groups is 1. The van der Waals surface area contributed by atoms with Crippen LogP contribution in [-0.2, 0) is 4.79 Å². The molecule has 1 atom stereocenters. The molecule has 1 saturated carbocycles. The van der Waals surface area contributed by atoms with Gasteiger partial charge in [-0.2, -0.15) is 0 Å². The maximum atomic E-state index is 12.8. The molecule has 1 aliphatic rings. The number of nitrogens with one attached hydrogen (secondary N) is 1. The van der Waals surface area contributed by atoms with Crippen molar-refractivity contribution in [2.24, 2.45) is 0 Å². The van der Waals surface area contributed by atoms with Crippen molar-refractivity contribution in [3.05, 3.63) is 52.5 Å². The largest absolute Gasteiger partial charge is 0.342 e. The lowest BCUT2D eigenvalue weighted by molar-refractivity contribution is -0.123. The van der Waals surface area contributed by atoms with Crippen LogP contribution >= 0.6 is 11.3 Å². The third kappa shape index (κ3) is 5.39. The number of aromatic nitrogens is 1. The van der Waals surface area contributed by atoms with Crippen molar-refractivity contribution in [3.63, 3.8) is 0 Å². The highest BCUT2D eigenvalue weighted by Gasteiger charge is 2.22. The van der Waals surface area contributed by atoms with Gasteiger partial charge in [0.25, 0.3) is 0 Å². The first-order valence-corrected chi connectivity index (χ1v) is 10.6. The summed E-state index contributed by atoms with van der Waals surface area (Å²) in [6.45, 7) is 0.444. The molecule has 4 nitrogen and oxygen atoms in total. The number of thiazole rings is 1. The monoisotopic (exact) mass is 371 g/mol. The van der Waals surface area contributed by atoms with Crippen LogP contribution in [-0.4, -0.2) is 35.4 Å². The van der Waals surface area contributed by atoms with Crippen molar-refractivity contribution in [1.82, 2.24) is 15.2 Å². The minimum absolute atomic E-state index is 0.0682. The Morgan fingerprint density at radius 1 is 1.19 bits per heavy atom.